The Balaban J connectivity index is 2.29. The number of aliphatic carboxylic acids is 1. The van der Waals surface area contributed by atoms with Crippen molar-refractivity contribution in [2.75, 3.05) is 7.11 Å². The topological polar surface area (TPSA) is 72.8 Å². The minimum atomic E-state index is -0.981. The first-order valence-corrected chi connectivity index (χ1v) is 7.19. The molecule has 1 N–H and O–H groups in total. The molecule has 0 saturated heterocycles. The van der Waals surface area contributed by atoms with Gasteiger partial charge < -0.3 is 14.6 Å². The van der Waals surface area contributed by atoms with Crippen molar-refractivity contribution in [2.24, 2.45) is 0 Å². The summed E-state index contributed by atoms with van der Waals surface area (Å²) in [5, 5.41) is 9.76. The molecule has 1 unspecified atom stereocenters. The maximum Gasteiger partial charge on any atom is 0.341 e. The summed E-state index contributed by atoms with van der Waals surface area (Å²) in [6, 6.07) is 10.7. The zero-order chi connectivity index (χ0) is 16.6. The second-order valence-corrected chi connectivity index (χ2v) is 5.48. The van der Waals surface area contributed by atoms with E-state index in [4.69, 9.17) is 9.47 Å². The summed E-state index contributed by atoms with van der Waals surface area (Å²) in [7, 11) is 1.29. The van der Waals surface area contributed by atoms with Gasteiger partial charge in [-0.15, -0.1) is 0 Å². The SMILES string of the molecule is COC(=O)c1cc(C)cc2c1OCc1ccccc1C2C(=O)O. The molecule has 0 fully saturated rings. The van der Waals surface area contributed by atoms with Crippen molar-refractivity contribution in [3.63, 3.8) is 0 Å². The van der Waals surface area contributed by atoms with Crippen molar-refractivity contribution in [2.45, 2.75) is 19.4 Å². The number of aryl methyl sites for hydroxylation is 1. The Bertz CT molecular complexity index is 794. The van der Waals surface area contributed by atoms with Gasteiger partial charge in [0, 0.05) is 5.56 Å². The first kappa shape index (κ1) is 15.1. The van der Waals surface area contributed by atoms with Crippen LogP contribution in [0.15, 0.2) is 36.4 Å². The number of hydrogen-bond acceptors (Lipinski definition) is 4. The zero-order valence-electron chi connectivity index (χ0n) is 12.8. The lowest BCUT2D eigenvalue weighted by Gasteiger charge is -2.17. The predicted octanol–water partition coefficient (Wildman–Crippen LogP) is 2.89. The van der Waals surface area contributed by atoms with Crippen LogP contribution in [0.5, 0.6) is 5.75 Å². The molecule has 1 aliphatic rings. The molecule has 2 aromatic carbocycles. The van der Waals surface area contributed by atoms with Gasteiger partial charge in [-0.25, -0.2) is 4.79 Å². The Labute approximate surface area is 133 Å². The highest BCUT2D eigenvalue weighted by molar-refractivity contribution is 5.95. The van der Waals surface area contributed by atoms with E-state index in [1.807, 2.05) is 19.1 Å². The Kier molecular flexibility index (Phi) is 3.78. The minimum Gasteiger partial charge on any atom is -0.488 e. The van der Waals surface area contributed by atoms with Gasteiger partial charge in [-0.3, -0.25) is 4.79 Å². The smallest absolute Gasteiger partial charge is 0.341 e. The van der Waals surface area contributed by atoms with E-state index in [1.54, 1.807) is 24.3 Å². The Morgan fingerprint density at radius 2 is 1.96 bits per heavy atom. The fraction of sp³-hybridized carbons (Fsp3) is 0.222. The van der Waals surface area contributed by atoms with Gasteiger partial charge in [-0.05, 0) is 29.7 Å². The summed E-state index contributed by atoms with van der Waals surface area (Å²) in [6.45, 7) is 2.02. The van der Waals surface area contributed by atoms with Crippen molar-refractivity contribution < 1.29 is 24.2 Å². The lowest BCUT2D eigenvalue weighted by Crippen LogP contribution is -2.15. The lowest BCUT2D eigenvalue weighted by molar-refractivity contribution is -0.137. The molecule has 0 saturated carbocycles. The number of methoxy groups -OCH3 is 1. The van der Waals surface area contributed by atoms with E-state index >= 15 is 0 Å². The van der Waals surface area contributed by atoms with Crippen molar-refractivity contribution in [1.82, 2.24) is 0 Å². The molecule has 0 spiro atoms. The molecule has 3 rings (SSSR count). The molecular formula is C18H16O5. The third kappa shape index (κ3) is 2.54. The maximum atomic E-state index is 12.0. The minimum absolute atomic E-state index is 0.208. The van der Waals surface area contributed by atoms with Crippen LogP contribution in [0, 0.1) is 6.92 Å². The highest BCUT2D eigenvalue weighted by Gasteiger charge is 2.33. The van der Waals surface area contributed by atoms with E-state index in [0.717, 1.165) is 11.1 Å². The highest BCUT2D eigenvalue weighted by atomic mass is 16.5. The van der Waals surface area contributed by atoms with Crippen LogP contribution in [0.2, 0.25) is 0 Å². The number of fused-ring (bicyclic) bond motifs is 2. The van der Waals surface area contributed by atoms with E-state index < -0.39 is 17.9 Å². The average Bonchev–Trinajstić information content (AvgIpc) is 2.69. The van der Waals surface area contributed by atoms with Crippen molar-refractivity contribution >= 4 is 11.9 Å². The van der Waals surface area contributed by atoms with Crippen LogP contribution < -0.4 is 4.74 Å². The second-order valence-electron chi connectivity index (χ2n) is 5.48. The van der Waals surface area contributed by atoms with E-state index in [2.05, 4.69) is 0 Å². The molecule has 1 atom stereocenters. The monoisotopic (exact) mass is 312 g/mol. The van der Waals surface area contributed by atoms with Crippen LogP contribution in [-0.2, 0) is 16.1 Å². The van der Waals surface area contributed by atoms with Gasteiger partial charge in [0.15, 0.2) is 0 Å². The Morgan fingerprint density at radius 1 is 1.22 bits per heavy atom. The van der Waals surface area contributed by atoms with Gasteiger partial charge in [0.25, 0.3) is 0 Å². The average molecular weight is 312 g/mol. The number of carbonyl (C=O) groups excluding carboxylic acids is 1. The number of ether oxygens (including phenoxy) is 2. The number of carboxylic acid groups (broad SMARTS) is 1. The standard InChI is InChI=1S/C18H16O5/c1-10-7-13-15(17(19)20)12-6-4-3-5-11(12)9-23-16(13)14(8-10)18(21)22-2/h3-8,15H,9H2,1-2H3,(H,19,20). The molecule has 0 bridgehead atoms. The molecule has 5 nitrogen and oxygen atoms in total. The first-order valence-electron chi connectivity index (χ1n) is 7.19. The third-order valence-corrected chi connectivity index (χ3v) is 3.96. The largest absolute Gasteiger partial charge is 0.488 e. The predicted molar refractivity (Wildman–Crippen MR) is 82.8 cm³/mol. The van der Waals surface area contributed by atoms with Gasteiger partial charge in [0.2, 0.25) is 0 Å². The van der Waals surface area contributed by atoms with Crippen LogP contribution in [0.25, 0.3) is 0 Å². The van der Waals surface area contributed by atoms with E-state index in [0.29, 0.717) is 11.1 Å². The summed E-state index contributed by atoms with van der Waals surface area (Å²) in [6.07, 6.45) is 0. The molecule has 23 heavy (non-hydrogen) atoms. The Morgan fingerprint density at radius 3 is 2.65 bits per heavy atom. The second kappa shape index (κ2) is 5.76. The maximum absolute atomic E-state index is 12.0. The zero-order valence-corrected chi connectivity index (χ0v) is 12.8. The van der Waals surface area contributed by atoms with Crippen LogP contribution in [0.1, 0.15) is 38.5 Å². The first-order chi connectivity index (χ1) is 11.0. The number of benzene rings is 2. The quantitative estimate of drug-likeness (QED) is 0.863. The molecule has 0 aromatic heterocycles. The fourth-order valence-corrected chi connectivity index (χ4v) is 2.97. The Hall–Kier alpha value is -2.82. The normalized spacial score (nSPS) is 15.7. The van der Waals surface area contributed by atoms with Crippen LogP contribution in [0.4, 0.5) is 0 Å². The van der Waals surface area contributed by atoms with Gasteiger partial charge in [-0.1, -0.05) is 30.3 Å². The van der Waals surface area contributed by atoms with Crippen LogP contribution in [0.3, 0.4) is 0 Å². The summed E-state index contributed by atoms with van der Waals surface area (Å²) in [5.74, 6) is -2.12. The number of rotatable bonds is 2. The molecular weight excluding hydrogens is 296 g/mol. The lowest BCUT2D eigenvalue weighted by atomic mass is 9.87. The van der Waals surface area contributed by atoms with Gasteiger partial charge in [-0.2, -0.15) is 0 Å². The van der Waals surface area contributed by atoms with Crippen molar-refractivity contribution in [1.29, 1.82) is 0 Å². The highest BCUT2D eigenvalue weighted by Crippen LogP contribution is 2.40. The number of hydrogen-bond donors (Lipinski definition) is 1. The summed E-state index contributed by atoms with van der Waals surface area (Å²) in [4.78, 5) is 24.0. The number of carbonyl (C=O) groups is 2. The summed E-state index contributed by atoms with van der Waals surface area (Å²) in [5.41, 5.74) is 2.98. The van der Waals surface area contributed by atoms with Crippen LogP contribution in [-0.4, -0.2) is 24.2 Å². The van der Waals surface area contributed by atoms with Gasteiger partial charge >= 0.3 is 11.9 Å². The molecule has 118 valence electrons. The molecule has 1 heterocycles. The molecule has 1 aliphatic heterocycles. The molecule has 2 aromatic rings. The molecule has 0 radical (unpaired) electrons. The van der Waals surface area contributed by atoms with E-state index in [1.165, 1.54) is 7.11 Å². The van der Waals surface area contributed by atoms with Crippen LogP contribution >= 0.6 is 0 Å². The summed E-state index contributed by atoms with van der Waals surface area (Å²) >= 11 is 0. The van der Waals surface area contributed by atoms with Crippen molar-refractivity contribution in [3.8, 4) is 5.75 Å². The van der Waals surface area contributed by atoms with E-state index in [-0.39, 0.29) is 17.9 Å². The number of esters is 1. The molecule has 5 heteroatoms. The van der Waals surface area contributed by atoms with Gasteiger partial charge in [0.1, 0.15) is 23.8 Å². The molecule has 0 aliphatic carbocycles. The van der Waals surface area contributed by atoms with E-state index in [9.17, 15) is 14.7 Å². The summed E-state index contributed by atoms with van der Waals surface area (Å²) < 4.78 is 10.6. The molecule has 0 amide bonds. The number of carboxylic acids is 1. The van der Waals surface area contributed by atoms with Crippen molar-refractivity contribution in [3.05, 3.63) is 64.2 Å². The van der Waals surface area contributed by atoms with Gasteiger partial charge in [0.05, 0.1) is 7.11 Å². The third-order valence-electron chi connectivity index (χ3n) is 3.96. The fourth-order valence-electron chi connectivity index (χ4n) is 2.97.